The fraction of sp³-hybridized carbons (Fsp3) is 1.00. The lowest BCUT2D eigenvalue weighted by Gasteiger charge is -2.33. The van der Waals surface area contributed by atoms with E-state index in [1.807, 2.05) is 0 Å². The molecule has 11 heavy (non-hydrogen) atoms. The van der Waals surface area contributed by atoms with Gasteiger partial charge in [-0.3, -0.25) is 0 Å². The van der Waals surface area contributed by atoms with E-state index in [0.717, 1.165) is 26.3 Å². The summed E-state index contributed by atoms with van der Waals surface area (Å²) in [6.07, 6.45) is 2.53. The van der Waals surface area contributed by atoms with Gasteiger partial charge in [0.15, 0.2) is 0 Å². The third-order valence-corrected chi connectivity index (χ3v) is 2.32. The Balaban J connectivity index is 2.25. The molecule has 0 aromatic carbocycles. The first-order valence-corrected chi connectivity index (χ1v) is 4.55. The van der Waals surface area contributed by atoms with Crippen LogP contribution in [0.4, 0.5) is 0 Å². The zero-order valence-electron chi connectivity index (χ0n) is 7.65. The molecular formula is C9H19NO. The smallest absolute Gasteiger partial charge is 0.0531 e. The lowest BCUT2D eigenvalue weighted by molar-refractivity contribution is 0.00338. The van der Waals surface area contributed by atoms with E-state index in [9.17, 15) is 0 Å². The maximum Gasteiger partial charge on any atom is 0.0531 e. The summed E-state index contributed by atoms with van der Waals surface area (Å²) < 4.78 is 5.44. The first kappa shape index (κ1) is 9.01. The summed E-state index contributed by atoms with van der Waals surface area (Å²) in [5.41, 5.74) is 0.397. The van der Waals surface area contributed by atoms with E-state index in [1.54, 1.807) is 0 Å². The molecule has 1 fully saturated rings. The number of nitrogens with one attached hydrogen (secondary N) is 1. The van der Waals surface area contributed by atoms with Crippen LogP contribution in [0.2, 0.25) is 0 Å². The van der Waals surface area contributed by atoms with Gasteiger partial charge >= 0.3 is 0 Å². The second-order valence-electron chi connectivity index (χ2n) is 3.75. The number of rotatable bonds is 3. The SMILES string of the molecule is CCNCC1(C)CCCOC1. The summed E-state index contributed by atoms with van der Waals surface area (Å²) in [5, 5.41) is 3.38. The van der Waals surface area contributed by atoms with Crippen molar-refractivity contribution in [1.29, 1.82) is 0 Å². The minimum absolute atomic E-state index is 0.397. The van der Waals surface area contributed by atoms with Crippen LogP contribution in [0.25, 0.3) is 0 Å². The van der Waals surface area contributed by atoms with Crippen molar-refractivity contribution in [2.24, 2.45) is 5.41 Å². The molecule has 2 nitrogen and oxygen atoms in total. The monoisotopic (exact) mass is 157 g/mol. The van der Waals surface area contributed by atoms with Gasteiger partial charge in [-0.25, -0.2) is 0 Å². The summed E-state index contributed by atoms with van der Waals surface area (Å²) in [6.45, 7) is 8.50. The van der Waals surface area contributed by atoms with Crippen LogP contribution in [-0.2, 0) is 4.74 Å². The minimum atomic E-state index is 0.397. The number of hydrogen-bond acceptors (Lipinski definition) is 2. The van der Waals surface area contributed by atoms with Crippen LogP contribution in [0.1, 0.15) is 26.7 Å². The molecule has 0 radical (unpaired) electrons. The number of hydrogen-bond donors (Lipinski definition) is 1. The molecule has 1 N–H and O–H groups in total. The van der Waals surface area contributed by atoms with Crippen LogP contribution in [0, 0.1) is 5.41 Å². The largest absolute Gasteiger partial charge is 0.381 e. The van der Waals surface area contributed by atoms with Gasteiger partial charge in [-0.1, -0.05) is 13.8 Å². The van der Waals surface area contributed by atoms with E-state index in [4.69, 9.17) is 4.74 Å². The Morgan fingerprint density at radius 2 is 2.36 bits per heavy atom. The van der Waals surface area contributed by atoms with Crippen molar-refractivity contribution in [2.45, 2.75) is 26.7 Å². The third kappa shape index (κ3) is 2.80. The van der Waals surface area contributed by atoms with E-state index in [0.29, 0.717) is 5.41 Å². The van der Waals surface area contributed by atoms with Crippen LogP contribution >= 0.6 is 0 Å². The Morgan fingerprint density at radius 3 is 2.91 bits per heavy atom. The molecular weight excluding hydrogens is 138 g/mol. The molecule has 0 bridgehead atoms. The quantitative estimate of drug-likeness (QED) is 0.669. The van der Waals surface area contributed by atoms with Crippen molar-refractivity contribution in [3.05, 3.63) is 0 Å². The van der Waals surface area contributed by atoms with Gasteiger partial charge in [-0.05, 0) is 19.4 Å². The average molecular weight is 157 g/mol. The molecule has 0 spiro atoms. The van der Waals surface area contributed by atoms with E-state index in [1.165, 1.54) is 12.8 Å². The van der Waals surface area contributed by atoms with E-state index < -0.39 is 0 Å². The van der Waals surface area contributed by atoms with Crippen molar-refractivity contribution in [3.8, 4) is 0 Å². The molecule has 1 atom stereocenters. The first-order chi connectivity index (χ1) is 5.27. The maximum atomic E-state index is 5.44. The summed E-state index contributed by atoms with van der Waals surface area (Å²) in [5.74, 6) is 0. The molecule has 1 heterocycles. The zero-order chi connectivity index (χ0) is 8.16. The third-order valence-electron chi connectivity index (χ3n) is 2.32. The van der Waals surface area contributed by atoms with Gasteiger partial charge in [0.1, 0.15) is 0 Å². The van der Waals surface area contributed by atoms with Crippen LogP contribution in [-0.4, -0.2) is 26.3 Å². The van der Waals surface area contributed by atoms with E-state index in [2.05, 4.69) is 19.2 Å². The van der Waals surface area contributed by atoms with Crippen molar-refractivity contribution in [1.82, 2.24) is 5.32 Å². The highest BCUT2D eigenvalue weighted by Gasteiger charge is 2.26. The van der Waals surface area contributed by atoms with Crippen molar-refractivity contribution in [3.63, 3.8) is 0 Å². The molecule has 1 rings (SSSR count). The van der Waals surface area contributed by atoms with Gasteiger partial charge < -0.3 is 10.1 Å². The van der Waals surface area contributed by atoms with Crippen LogP contribution in [0.3, 0.4) is 0 Å². The highest BCUT2D eigenvalue weighted by Crippen LogP contribution is 2.26. The predicted molar refractivity (Wildman–Crippen MR) is 46.7 cm³/mol. The van der Waals surface area contributed by atoms with Crippen molar-refractivity contribution < 1.29 is 4.74 Å². The van der Waals surface area contributed by atoms with Crippen LogP contribution in [0.5, 0.6) is 0 Å². The second-order valence-corrected chi connectivity index (χ2v) is 3.75. The molecule has 1 aliphatic rings. The normalized spacial score (nSPS) is 32.2. The lowest BCUT2D eigenvalue weighted by atomic mass is 9.85. The summed E-state index contributed by atoms with van der Waals surface area (Å²) >= 11 is 0. The average Bonchev–Trinajstić information content (AvgIpc) is 2.03. The van der Waals surface area contributed by atoms with Gasteiger partial charge in [0.2, 0.25) is 0 Å². The Bertz CT molecular complexity index is 108. The fourth-order valence-corrected chi connectivity index (χ4v) is 1.56. The lowest BCUT2D eigenvalue weighted by Crippen LogP contribution is -2.38. The van der Waals surface area contributed by atoms with E-state index in [-0.39, 0.29) is 0 Å². The van der Waals surface area contributed by atoms with Crippen LogP contribution < -0.4 is 5.32 Å². The molecule has 0 saturated carbocycles. The zero-order valence-corrected chi connectivity index (χ0v) is 7.65. The highest BCUT2D eigenvalue weighted by molar-refractivity contribution is 4.78. The fourth-order valence-electron chi connectivity index (χ4n) is 1.56. The maximum absolute atomic E-state index is 5.44. The molecule has 0 amide bonds. The van der Waals surface area contributed by atoms with Gasteiger partial charge in [0.05, 0.1) is 6.61 Å². The Kier molecular flexibility index (Phi) is 3.34. The second kappa shape index (κ2) is 4.07. The molecule has 1 saturated heterocycles. The van der Waals surface area contributed by atoms with Gasteiger partial charge in [-0.15, -0.1) is 0 Å². The molecule has 66 valence electrons. The minimum Gasteiger partial charge on any atom is -0.381 e. The standard InChI is InChI=1S/C9H19NO/c1-3-10-7-9(2)5-4-6-11-8-9/h10H,3-8H2,1-2H3. The molecule has 0 aromatic rings. The summed E-state index contributed by atoms with van der Waals surface area (Å²) in [6, 6.07) is 0. The van der Waals surface area contributed by atoms with Crippen molar-refractivity contribution in [2.75, 3.05) is 26.3 Å². The molecule has 1 unspecified atom stereocenters. The summed E-state index contributed by atoms with van der Waals surface area (Å²) in [4.78, 5) is 0. The Morgan fingerprint density at radius 1 is 1.55 bits per heavy atom. The highest BCUT2D eigenvalue weighted by atomic mass is 16.5. The molecule has 2 heteroatoms. The van der Waals surface area contributed by atoms with Crippen LogP contribution in [0.15, 0.2) is 0 Å². The first-order valence-electron chi connectivity index (χ1n) is 4.55. The van der Waals surface area contributed by atoms with Gasteiger partial charge in [0, 0.05) is 18.6 Å². The van der Waals surface area contributed by atoms with E-state index >= 15 is 0 Å². The summed E-state index contributed by atoms with van der Waals surface area (Å²) in [7, 11) is 0. The van der Waals surface area contributed by atoms with Gasteiger partial charge in [0.25, 0.3) is 0 Å². The predicted octanol–water partition coefficient (Wildman–Crippen LogP) is 1.41. The molecule has 0 aromatic heterocycles. The van der Waals surface area contributed by atoms with Gasteiger partial charge in [-0.2, -0.15) is 0 Å². The van der Waals surface area contributed by atoms with Crippen molar-refractivity contribution >= 4 is 0 Å². The molecule has 0 aliphatic carbocycles. The topological polar surface area (TPSA) is 21.3 Å². The number of ether oxygens (including phenoxy) is 1. The Labute approximate surface area is 69.3 Å². The Hall–Kier alpha value is -0.0800. The molecule has 1 aliphatic heterocycles.